The van der Waals surface area contributed by atoms with Crippen LogP contribution in [0.5, 0.6) is 0 Å². The standard InChI is InChI=1S/C31H39N5/c1-6-8-10-25(18-34-3)26-13-14-27(24-12-9-11-23(17-24)22(7-2)19-36(4)5)35-28(26)29(32)30-15-16-31(33,20-30)21-30/h7,9-14,17-19,32H,2,6,8,15-16,20-21,33H2,1,3-5H3/b22-19+,25-10+,32-29?,34-18?. The highest BCUT2D eigenvalue weighted by Crippen LogP contribution is 2.61. The minimum atomic E-state index is -0.152. The zero-order valence-electron chi connectivity index (χ0n) is 22.1. The van der Waals surface area contributed by atoms with E-state index in [1.165, 1.54) is 0 Å². The van der Waals surface area contributed by atoms with Gasteiger partial charge in [-0.2, -0.15) is 0 Å². The molecule has 2 aromatic rings. The summed E-state index contributed by atoms with van der Waals surface area (Å²) >= 11 is 0. The van der Waals surface area contributed by atoms with Crippen molar-refractivity contribution in [1.29, 1.82) is 5.41 Å². The number of benzene rings is 1. The molecule has 5 nitrogen and oxygen atoms in total. The lowest BCUT2D eigenvalue weighted by Gasteiger charge is -2.45. The zero-order chi connectivity index (χ0) is 25.9. The Kier molecular flexibility index (Phi) is 7.41. The molecule has 1 aromatic heterocycles. The van der Waals surface area contributed by atoms with Crippen molar-refractivity contribution in [3.05, 3.63) is 78.1 Å². The van der Waals surface area contributed by atoms with Gasteiger partial charge in [-0.15, -0.1) is 0 Å². The molecule has 0 saturated heterocycles. The smallest absolute Gasteiger partial charge is 0.0929 e. The Labute approximate surface area is 216 Å². The highest BCUT2D eigenvalue weighted by Gasteiger charge is 2.61. The third-order valence-electron chi connectivity index (χ3n) is 7.49. The van der Waals surface area contributed by atoms with Gasteiger partial charge in [-0.25, -0.2) is 4.98 Å². The molecule has 5 heteroatoms. The van der Waals surface area contributed by atoms with Crippen molar-refractivity contribution < 1.29 is 0 Å². The number of nitrogens with zero attached hydrogens (tertiary/aromatic N) is 3. The van der Waals surface area contributed by atoms with Crippen LogP contribution < -0.4 is 5.73 Å². The molecule has 2 bridgehead atoms. The normalized spacial score (nSPS) is 23.6. The monoisotopic (exact) mass is 481 g/mol. The first-order valence-corrected chi connectivity index (χ1v) is 12.9. The largest absolute Gasteiger partial charge is 0.383 e. The van der Waals surface area contributed by atoms with Crippen LogP contribution in [0.25, 0.3) is 22.4 Å². The van der Waals surface area contributed by atoms with Crippen molar-refractivity contribution in [2.24, 2.45) is 16.1 Å². The summed E-state index contributed by atoms with van der Waals surface area (Å²) in [5, 5.41) is 9.35. The molecule has 1 heterocycles. The lowest BCUT2D eigenvalue weighted by molar-refractivity contribution is 0.190. The van der Waals surface area contributed by atoms with Crippen molar-refractivity contribution in [2.45, 2.75) is 51.0 Å². The molecule has 188 valence electrons. The number of hydrogen-bond acceptors (Lipinski definition) is 5. The molecule has 0 aliphatic heterocycles. The minimum Gasteiger partial charge on any atom is -0.383 e. The van der Waals surface area contributed by atoms with E-state index in [-0.39, 0.29) is 11.0 Å². The number of aromatic nitrogens is 1. The molecule has 1 aromatic carbocycles. The van der Waals surface area contributed by atoms with Crippen LogP contribution in [-0.2, 0) is 0 Å². The third-order valence-corrected chi connectivity index (χ3v) is 7.49. The van der Waals surface area contributed by atoms with Gasteiger partial charge in [0.25, 0.3) is 0 Å². The summed E-state index contributed by atoms with van der Waals surface area (Å²) in [6, 6.07) is 12.6. The first-order valence-electron chi connectivity index (χ1n) is 12.9. The van der Waals surface area contributed by atoms with Crippen molar-refractivity contribution in [1.82, 2.24) is 9.88 Å². The number of nitrogens with two attached hydrogens (primary N) is 1. The molecule has 3 aliphatic carbocycles. The lowest BCUT2D eigenvalue weighted by Crippen LogP contribution is -2.53. The van der Waals surface area contributed by atoms with Crippen LogP contribution in [0.2, 0.25) is 0 Å². The Morgan fingerprint density at radius 1 is 1.19 bits per heavy atom. The van der Waals surface area contributed by atoms with Crippen LogP contribution in [0.4, 0.5) is 0 Å². The zero-order valence-corrected chi connectivity index (χ0v) is 22.1. The van der Waals surface area contributed by atoms with Gasteiger partial charge < -0.3 is 16.0 Å². The predicted octanol–water partition coefficient (Wildman–Crippen LogP) is 6.36. The summed E-state index contributed by atoms with van der Waals surface area (Å²) in [5.41, 5.74) is 13.7. The van der Waals surface area contributed by atoms with Crippen molar-refractivity contribution >= 4 is 23.1 Å². The van der Waals surface area contributed by atoms with Gasteiger partial charge in [0, 0.05) is 55.6 Å². The molecule has 0 spiro atoms. The number of unbranched alkanes of at least 4 members (excludes halogenated alkanes) is 1. The summed E-state index contributed by atoms with van der Waals surface area (Å²) in [5.74, 6) is 0. The maximum atomic E-state index is 9.35. The van der Waals surface area contributed by atoms with E-state index in [1.807, 2.05) is 31.3 Å². The maximum absolute atomic E-state index is 9.35. The Morgan fingerprint density at radius 2 is 1.97 bits per heavy atom. The van der Waals surface area contributed by atoms with Gasteiger partial charge >= 0.3 is 0 Å². The van der Waals surface area contributed by atoms with Crippen molar-refractivity contribution in [3.8, 4) is 11.3 Å². The summed E-state index contributed by atoms with van der Waals surface area (Å²) < 4.78 is 0. The van der Waals surface area contributed by atoms with E-state index in [9.17, 15) is 5.41 Å². The fourth-order valence-corrected chi connectivity index (χ4v) is 5.79. The second-order valence-electron chi connectivity index (χ2n) is 10.6. The van der Waals surface area contributed by atoms with Gasteiger partial charge in [0.15, 0.2) is 0 Å². The van der Waals surface area contributed by atoms with Crippen molar-refractivity contribution in [3.63, 3.8) is 0 Å². The molecule has 0 atom stereocenters. The Hall–Kier alpha value is -3.31. The van der Waals surface area contributed by atoms with Gasteiger partial charge in [-0.1, -0.05) is 50.3 Å². The minimum absolute atomic E-state index is 0.0932. The molecular weight excluding hydrogens is 442 g/mol. The highest BCUT2D eigenvalue weighted by atomic mass is 15.0. The van der Waals surface area contributed by atoms with Crippen LogP contribution in [0, 0.1) is 10.8 Å². The van der Waals surface area contributed by atoms with E-state index < -0.39 is 0 Å². The predicted molar refractivity (Wildman–Crippen MR) is 153 cm³/mol. The van der Waals surface area contributed by atoms with E-state index in [4.69, 9.17) is 10.7 Å². The SMILES string of the molecule is C=C/C(=C\N(C)C)c1cccc(-c2ccc(/C(C=NC)=C/CCC)c(C(=N)C34CCC(N)(C3)C4)n2)c1. The van der Waals surface area contributed by atoms with Gasteiger partial charge in [0.05, 0.1) is 17.1 Å². The Balaban J connectivity index is 1.82. The molecule has 36 heavy (non-hydrogen) atoms. The Bertz CT molecular complexity index is 1240. The van der Waals surface area contributed by atoms with Crippen LogP contribution >= 0.6 is 0 Å². The molecule has 3 fully saturated rings. The van der Waals surface area contributed by atoms with E-state index in [0.29, 0.717) is 5.71 Å². The maximum Gasteiger partial charge on any atom is 0.0929 e. The molecule has 5 rings (SSSR count). The van der Waals surface area contributed by atoms with Gasteiger partial charge in [0.2, 0.25) is 0 Å². The second kappa shape index (κ2) is 10.4. The second-order valence-corrected chi connectivity index (χ2v) is 10.6. The average Bonchev–Trinajstić information content (AvgIpc) is 3.39. The first kappa shape index (κ1) is 25.8. The van der Waals surface area contributed by atoms with E-state index >= 15 is 0 Å². The topological polar surface area (TPSA) is 78.4 Å². The molecule has 3 aliphatic rings. The summed E-state index contributed by atoms with van der Waals surface area (Å²) in [6.07, 6.45) is 13.8. The Morgan fingerprint density at radius 3 is 2.58 bits per heavy atom. The third kappa shape index (κ3) is 4.98. The summed E-state index contributed by atoms with van der Waals surface area (Å²) in [6.45, 7) is 6.17. The van der Waals surface area contributed by atoms with E-state index in [0.717, 1.165) is 77.7 Å². The van der Waals surface area contributed by atoms with Crippen LogP contribution in [0.15, 0.2) is 66.3 Å². The number of hydrogen-bond donors (Lipinski definition) is 2. The van der Waals surface area contributed by atoms with Crippen LogP contribution in [0.3, 0.4) is 0 Å². The average molecular weight is 482 g/mol. The lowest BCUT2D eigenvalue weighted by atomic mass is 9.62. The quantitative estimate of drug-likeness (QED) is 0.306. The fourth-order valence-electron chi connectivity index (χ4n) is 5.79. The van der Waals surface area contributed by atoms with E-state index in [2.05, 4.69) is 67.2 Å². The number of allylic oxidation sites excluding steroid dienone is 4. The molecule has 0 radical (unpaired) electrons. The molecular formula is C31H39N5. The van der Waals surface area contributed by atoms with Crippen molar-refractivity contribution in [2.75, 3.05) is 21.1 Å². The van der Waals surface area contributed by atoms with E-state index in [1.54, 1.807) is 7.05 Å². The van der Waals surface area contributed by atoms with Crippen LogP contribution in [-0.4, -0.2) is 48.5 Å². The molecule has 0 amide bonds. The fraction of sp³-hybridized carbons (Fsp3) is 0.387. The number of aliphatic imine (C=N–C) groups is 1. The van der Waals surface area contributed by atoms with Gasteiger partial charge in [-0.3, -0.25) is 4.99 Å². The summed E-state index contributed by atoms with van der Waals surface area (Å²) in [7, 11) is 5.81. The molecule has 3 saturated carbocycles. The summed E-state index contributed by atoms with van der Waals surface area (Å²) in [4.78, 5) is 11.5. The highest BCUT2D eigenvalue weighted by molar-refractivity contribution is 6.15. The molecule has 0 unspecified atom stereocenters. The number of pyridine rings is 1. The molecule has 3 N–H and O–H groups in total. The van der Waals surface area contributed by atoms with Gasteiger partial charge in [0.1, 0.15) is 0 Å². The first-order chi connectivity index (χ1) is 17.2. The number of rotatable bonds is 10. The number of fused-ring (bicyclic) bond motifs is 1. The number of nitrogens with one attached hydrogen (secondary N) is 1. The van der Waals surface area contributed by atoms with Gasteiger partial charge in [-0.05, 0) is 67.0 Å². The van der Waals surface area contributed by atoms with Crippen LogP contribution in [0.1, 0.15) is 62.3 Å².